The Morgan fingerprint density at radius 1 is 1.50 bits per heavy atom. The van der Waals surface area contributed by atoms with Gasteiger partial charge in [-0.1, -0.05) is 23.7 Å². The summed E-state index contributed by atoms with van der Waals surface area (Å²) in [7, 11) is 0. The van der Waals surface area contributed by atoms with Gasteiger partial charge in [0.2, 0.25) is 0 Å². The zero-order valence-electron chi connectivity index (χ0n) is 6.48. The molecule has 0 radical (unpaired) electrons. The molecule has 12 heavy (non-hydrogen) atoms. The Bertz CT molecular complexity index is 297. The van der Waals surface area contributed by atoms with E-state index in [0.717, 1.165) is 18.5 Å². The van der Waals surface area contributed by atoms with E-state index >= 15 is 0 Å². The van der Waals surface area contributed by atoms with Crippen LogP contribution in [0.25, 0.3) is 0 Å². The summed E-state index contributed by atoms with van der Waals surface area (Å²) in [5, 5.41) is 3.44. The average Bonchev–Trinajstić information content (AvgIpc) is 1.95. The third kappa shape index (κ3) is 1.21. The van der Waals surface area contributed by atoms with Crippen LogP contribution in [0.5, 0.6) is 0 Å². The minimum absolute atomic E-state index is 0.258. The third-order valence-electron chi connectivity index (χ3n) is 2.18. The van der Waals surface area contributed by atoms with E-state index in [-0.39, 0.29) is 16.9 Å². The third-order valence-corrected chi connectivity index (χ3v) is 2.58. The maximum absolute atomic E-state index is 12.9. The van der Waals surface area contributed by atoms with Crippen LogP contribution in [-0.4, -0.2) is 6.54 Å². The van der Waals surface area contributed by atoms with Crippen LogP contribution in [0.4, 0.5) is 4.39 Å². The monoisotopic (exact) mass is 185 g/mol. The summed E-state index contributed by atoms with van der Waals surface area (Å²) in [6, 6.07) is 5.19. The minimum Gasteiger partial charge on any atom is -0.310 e. The van der Waals surface area contributed by atoms with Crippen molar-refractivity contribution in [1.82, 2.24) is 5.32 Å². The van der Waals surface area contributed by atoms with E-state index in [9.17, 15) is 4.39 Å². The summed E-state index contributed by atoms with van der Waals surface area (Å²) in [5.41, 5.74) is 0.878. The first-order valence-corrected chi connectivity index (χ1v) is 4.34. The lowest BCUT2D eigenvalue weighted by atomic mass is 9.98. The summed E-state index contributed by atoms with van der Waals surface area (Å²) in [5.74, 6) is -0.331. The number of rotatable bonds is 1. The van der Waals surface area contributed by atoms with Crippen molar-refractivity contribution in [2.75, 3.05) is 6.54 Å². The van der Waals surface area contributed by atoms with Gasteiger partial charge in [0.05, 0.1) is 5.02 Å². The van der Waals surface area contributed by atoms with Gasteiger partial charge in [-0.2, -0.15) is 0 Å². The van der Waals surface area contributed by atoms with E-state index in [2.05, 4.69) is 5.32 Å². The van der Waals surface area contributed by atoms with E-state index in [1.165, 1.54) is 6.07 Å². The number of hydrogen-bond acceptors (Lipinski definition) is 1. The molecule has 1 nitrogen and oxygen atoms in total. The van der Waals surface area contributed by atoms with Gasteiger partial charge in [-0.15, -0.1) is 0 Å². The molecule has 1 heterocycles. The van der Waals surface area contributed by atoms with Crippen LogP contribution in [0.1, 0.15) is 18.0 Å². The van der Waals surface area contributed by atoms with Crippen LogP contribution in [-0.2, 0) is 0 Å². The highest BCUT2D eigenvalue weighted by Crippen LogP contribution is 2.30. The van der Waals surface area contributed by atoms with Crippen LogP contribution in [0.3, 0.4) is 0 Å². The fourth-order valence-electron chi connectivity index (χ4n) is 1.34. The molecule has 2 rings (SSSR count). The lowest BCUT2D eigenvalue weighted by Crippen LogP contribution is -2.35. The van der Waals surface area contributed by atoms with Gasteiger partial charge in [-0.05, 0) is 24.6 Å². The molecule has 0 bridgehead atoms. The molecular formula is C9H9ClFN. The van der Waals surface area contributed by atoms with Gasteiger partial charge < -0.3 is 5.32 Å². The van der Waals surface area contributed by atoms with Gasteiger partial charge >= 0.3 is 0 Å². The summed E-state index contributed by atoms with van der Waals surface area (Å²) < 4.78 is 12.9. The van der Waals surface area contributed by atoms with Gasteiger partial charge in [0.25, 0.3) is 0 Å². The number of nitrogens with one attached hydrogen (secondary N) is 1. The molecule has 1 aromatic carbocycles. The molecule has 1 atom stereocenters. The summed E-state index contributed by atoms with van der Waals surface area (Å²) in [6.07, 6.45) is 1.04. The highest BCUT2D eigenvalue weighted by molar-refractivity contribution is 6.31. The van der Waals surface area contributed by atoms with Crippen molar-refractivity contribution in [3.63, 3.8) is 0 Å². The summed E-state index contributed by atoms with van der Waals surface area (Å²) in [4.78, 5) is 0. The van der Waals surface area contributed by atoms with Crippen molar-refractivity contribution in [1.29, 1.82) is 0 Å². The molecule has 1 aliphatic rings. The first kappa shape index (κ1) is 8.02. The molecule has 3 heteroatoms. The molecule has 0 amide bonds. The maximum atomic E-state index is 12.9. The van der Waals surface area contributed by atoms with Crippen molar-refractivity contribution in [2.24, 2.45) is 0 Å². The Labute approximate surface area is 75.5 Å². The average molecular weight is 186 g/mol. The summed E-state index contributed by atoms with van der Waals surface area (Å²) in [6.45, 7) is 0.998. The summed E-state index contributed by atoms with van der Waals surface area (Å²) >= 11 is 5.79. The molecule has 1 saturated heterocycles. The maximum Gasteiger partial charge on any atom is 0.142 e. The second-order valence-electron chi connectivity index (χ2n) is 2.94. The number of halogens is 2. The lowest BCUT2D eigenvalue weighted by molar-refractivity contribution is 0.382. The Hall–Kier alpha value is -0.600. The minimum atomic E-state index is -0.331. The second kappa shape index (κ2) is 3.04. The molecule has 0 unspecified atom stereocenters. The van der Waals surface area contributed by atoms with Crippen molar-refractivity contribution in [2.45, 2.75) is 12.5 Å². The zero-order chi connectivity index (χ0) is 8.55. The fourth-order valence-corrected chi connectivity index (χ4v) is 1.60. The molecule has 0 saturated carbocycles. The second-order valence-corrected chi connectivity index (χ2v) is 3.32. The normalized spacial score (nSPS) is 22.0. The van der Waals surface area contributed by atoms with E-state index < -0.39 is 0 Å². The largest absolute Gasteiger partial charge is 0.310 e. The van der Waals surface area contributed by atoms with Crippen molar-refractivity contribution < 1.29 is 4.39 Å². The van der Waals surface area contributed by atoms with Gasteiger partial charge in [-0.25, -0.2) is 4.39 Å². The molecular weight excluding hydrogens is 177 g/mol. The molecule has 0 aromatic heterocycles. The van der Waals surface area contributed by atoms with Crippen LogP contribution in [0, 0.1) is 5.82 Å². The van der Waals surface area contributed by atoms with Gasteiger partial charge in [0.15, 0.2) is 0 Å². The predicted molar refractivity (Wildman–Crippen MR) is 46.8 cm³/mol. The van der Waals surface area contributed by atoms with Gasteiger partial charge in [0, 0.05) is 6.04 Å². The van der Waals surface area contributed by atoms with Crippen molar-refractivity contribution in [3.8, 4) is 0 Å². The quantitative estimate of drug-likeness (QED) is 0.709. The van der Waals surface area contributed by atoms with Crippen LogP contribution >= 0.6 is 11.6 Å². The van der Waals surface area contributed by atoms with E-state index in [4.69, 9.17) is 11.6 Å². The highest BCUT2D eigenvalue weighted by Gasteiger charge is 2.21. The van der Waals surface area contributed by atoms with E-state index in [1.54, 1.807) is 6.07 Å². The Morgan fingerprint density at radius 3 is 2.83 bits per heavy atom. The van der Waals surface area contributed by atoms with Gasteiger partial charge in [-0.3, -0.25) is 0 Å². The van der Waals surface area contributed by atoms with Crippen LogP contribution < -0.4 is 5.32 Å². The van der Waals surface area contributed by atoms with E-state index in [1.807, 2.05) is 6.07 Å². The first-order chi connectivity index (χ1) is 5.79. The Morgan fingerprint density at radius 2 is 2.25 bits per heavy atom. The number of benzene rings is 1. The molecule has 1 fully saturated rings. The Kier molecular flexibility index (Phi) is 2.03. The van der Waals surface area contributed by atoms with E-state index in [0.29, 0.717) is 0 Å². The zero-order valence-corrected chi connectivity index (χ0v) is 7.24. The Balaban J connectivity index is 2.36. The van der Waals surface area contributed by atoms with Crippen LogP contribution in [0.15, 0.2) is 18.2 Å². The fraction of sp³-hybridized carbons (Fsp3) is 0.333. The predicted octanol–water partition coefficient (Wildman–Crippen LogP) is 2.51. The smallest absolute Gasteiger partial charge is 0.142 e. The standard InChI is InChI=1S/C9H9ClFN/c10-9-6(8-4-5-12-8)2-1-3-7(9)11/h1-3,8,12H,4-5H2/t8-/m0/s1. The van der Waals surface area contributed by atoms with Gasteiger partial charge in [0.1, 0.15) is 5.82 Å². The molecule has 0 aliphatic carbocycles. The topological polar surface area (TPSA) is 12.0 Å². The molecule has 64 valence electrons. The van der Waals surface area contributed by atoms with Crippen LogP contribution in [0.2, 0.25) is 5.02 Å². The first-order valence-electron chi connectivity index (χ1n) is 3.96. The highest BCUT2D eigenvalue weighted by atomic mass is 35.5. The molecule has 1 aliphatic heterocycles. The van der Waals surface area contributed by atoms with Crippen molar-refractivity contribution in [3.05, 3.63) is 34.6 Å². The lowest BCUT2D eigenvalue weighted by Gasteiger charge is -2.28. The van der Waals surface area contributed by atoms with Crippen molar-refractivity contribution >= 4 is 11.6 Å². The molecule has 0 spiro atoms. The SMILES string of the molecule is Fc1cccc([C@@H]2CCN2)c1Cl. The molecule has 1 aromatic rings. The number of hydrogen-bond donors (Lipinski definition) is 1. The molecule has 1 N–H and O–H groups in total.